The van der Waals surface area contributed by atoms with Crippen molar-refractivity contribution in [3.05, 3.63) is 12.7 Å². The summed E-state index contributed by atoms with van der Waals surface area (Å²) in [6, 6.07) is 0.107. The lowest BCUT2D eigenvalue weighted by atomic mass is 9.83. The molecule has 0 bridgehead atoms. The Bertz CT molecular complexity index is 320. The van der Waals surface area contributed by atoms with Crippen LogP contribution >= 0.6 is 0 Å². The number of aromatic nitrogens is 3. The van der Waals surface area contributed by atoms with Gasteiger partial charge in [0.1, 0.15) is 12.7 Å². The molecule has 0 aliphatic heterocycles. The summed E-state index contributed by atoms with van der Waals surface area (Å²) >= 11 is 0. The van der Waals surface area contributed by atoms with Gasteiger partial charge < -0.3 is 5.11 Å². The first-order chi connectivity index (χ1) is 8.81. The van der Waals surface area contributed by atoms with Gasteiger partial charge in [-0.25, -0.2) is 9.67 Å². The van der Waals surface area contributed by atoms with Gasteiger partial charge in [-0.15, -0.1) is 0 Å². The Morgan fingerprint density at radius 3 is 2.72 bits per heavy atom. The summed E-state index contributed by atoms with van der Waals surface area (Å²) < 4.78 is 1.86. The van der Waals surface area contributed by atoms with E-state index < -0.39 is 0 Å². The summed E-state index contributed by atoms with van der Waals surface area (Å²) in [6.07, 6.45) is 12.6. The molecule has 102 valence electrons. The maximum absolute atomic E-state index is 10.3. The van der Waals surface area contributed by atoms with E-state index in [2.05, 4.69) is 17.0 Å². The van der Waals surface area contributed by atoms with Crippen LogP contribution in [0.5, 0.6) is 0 Å². The highest BCUT2D eigenvalue weighted by Crippen LogP contribution is 2.32. The van der Waals surface area contributed by atoms with Gasteiger partial charge >= 0.3 is 0 Å². The molecule has 18 heavy (non-hydrogen) atoms. The molecule has 1 N–H and O–H groups in total. The maximum atomic E-state index is 10.3. The monoisotopic (exact) mass is 251 g/mol. The molecule has 1 saturated carbocycles. The van der Waals surface area contributed by atoms with Gasteiger partial charge in [0.2, 0.25) is 0 Å². The van der Waals surface area contributed by atoms with E-state index in [1.54, 1.807) is 12.7 Å². The molecular weight excluding hydrogens is 226 g/mol. The normalized spacial score (nSPS) is 20.8. The summed E-state index contributed by atoms with van der Waals surface area (Å²) in [5.74, 6) is 0.749. The van der Waals surface area contributed by atoms with Crippen molar-refractivity contribution in [2.75, 3.05) is 0 Å². The van der Waals surface area contributed by atoms with Crippen molar-refractivity contribution in [3.8, 4) is 0 Å². The van der Waals surface area contributed by atoms with Crippen molar-refractivity contribution in [2.24, 2.45) is 5.92 Å². The molecule has 1 fully saturated rings. The first kappa shape index (κ1) is 13.5. The highest BCUT2D eigenvalue weighted by Gasteiger charge is 2.26. The molecule has 1 aromatic heterocycles. The summed E-state index contributed by atoms with van der Waals surface area (Å²) in [5.41, 5.74) is 0. The molecule has 2 atom stereocenters. The smallest absolute Gasteiger partial charge is 0.137 e. The van der Waals surface area contributed by atoms with Crippen LogP contribution in [0.15, 0.2) is 12.7 Å². The van der Waals surface area contributed by atoms with E-state index in [4.69, 9.17) is 0 Å². The highest BCUT2D eigenvalue weighted by molar-refractivity contribution is 4.80. The first-order valence-corrected chi connectivity index (χ1v) is 7.33. The molecule has 1 aliphatic carbocycles. The van der Waals surface area contributed by atoms with Gasteiger partial charge in [0.25, 0.3) is 0 Å². The van der Waals surface area contributed by atoms with Crippen molar-refractivity contribution in [3.63, 3.8) is 0 Å². The molecule has 2 rings (SSSR count). The van der Waals surface area contributed by atoms with Gasteiger partial charge in [0, 0.05) is 0 Å². The maximum Gasteiger partial charge on any atom is 0.137 e. The fraction of sp³-hybridized carbons (Fsp3) is 0.857. The largest absolute Gasteiger partial charge is 0.391 e. The van der Waals surface area contributed by atoms with E-state index in [1.807, 2.05) is 4.68 Å². The van der Waals surface area contributed by atoms with Gasteiger partial charge in [-0.2, -0.15) is 5.10 Å². The SMILES string of the molecule is CCCC(O)C(CC1CCCCC1)n1cncn1. The molecule has 2 unspecified atom stereocenters. The van der Waals surface area contributed by atoms with Crippen LogP contribution in [0.25, 0.3) is 0 Å². The Morgan fingerprint density at radius 2 is 2.11 bits per heavy atom. The van der Waals surface area contributed by atoms with Crippen LogP contribution in [0.1, 0.15) is 64.3 Å². The van der Waals surface area contributed by atoms with E-state index in [0.717, 1.165) is 25.2 Å². The summed E-state index contributed by atoms with van der Waals surface area (Å²) in [5, 5.41) is 14.6. The third kappa shape index (κ3) is 3.55. The lowest BCUT2D eigenvalue weighted by Gasteiger charge is -2.29. The zero-order valence-electron chi connectivity index (χ0n) is 11.3. The topological polar surface area (TPSA) is 50.9 Å². The second-order valence-corrected chi connectivity index (χ2v) is 5.54. The van der Waals surface area contributed by atoms with Crippen molar-refractivity contribution >= 4 is 0 Å². The number of aliphatic hydroxyl groups is 1. The number of aliphatic hydroxyl groups excluding tert-OH is 1. The van der Waals surface area contributed by atoms with Gasteiger partial charge in [-0.3, -0.25) is 0 Å². The predicted octanol–water partition coefficient (Wildman–Crippen LogP) is 2.95. The van der Waals surface area contributed by atoms with Crippen LogP contribution in [0.4, 0.5) is 0 Å². The van der Waals surface area contributed by atoms with Crippen LogP contribution in [0, 0.1) is 5.92 Å². The highest BCUT2D eigenvalue weighted by atomic mass is 16.3. The van der Waals surface area contributed by atoms with Gasteiger partial charge in [0.05, 0.1) is 12.1 Å². The second-order valence-electron chi connectivity index (χ2n) is 5.54. The van der Waals surface area contributed by atoms with Crippen LogP contribution in [-0.4, -0.2) is 26.0 Å². The molecule has 1 aromatic rings. The fourth-order valence-electron chi connectivity index (χ4n) is 3.08. The summed E-state index contributed by atoms with van der Waals surface area (Å²) in [6.45, 7) is 2.11. The Morgan fingerprint density at radius 1 is 1.33 bits per heavy atom. The Kier molecular flexibility index (Phi) is 5.17. The van der Waals surface area contributed by atoms with Gasteiger partial charge in [0.15, 0.2) is 0 Å². The molecule has 1 aliphatic rings. The van der Waals surface area contributed by atoms with Crippen molar-refractivity contribution < 1.29 is 5.11 Å². The molecule has 0 aromatic carbocycles. The van der Waals surface area contributed by atoms with Gasteiger partial charge in [-0.05, 0) is 18.8 Å². The summed E-state index contributed by atoms with van der Waals surface area (Å²) in [7, 11) is 0. The Labute approximate surface area is 109 Å². The summed E-state index contributed by atoms with van der Waals surface area (Å²) in [4.78, 5) is 4.02. The lowest BCUT2D eigenvalue weighted by Crippen LogP contribution is -2.27. The van der Waals surface area contributed by atoms with E-state index in [0.29, 0.717) is 0 Å². The molecule has 4 nitrogen and oxygen atoms in total. The second kappa shape index (κ2) is 6.88. The molecule has 0 amide bonds. The lowest BCUT2D eigenvalue weighted by molar-refractivity contribution is 0.0774. The number of nitrogens with zero attached hydrogens (tertiary/aromatic N) is 3. The minimum atomic E-state index is -0.293. The Hall–Kier alpha value is -0.900. The molecular formula is C14H25N3O. The minimum Gasteiger partial charge on any atom is -0.391 e. The average Bonchev–Trinajstić information content (AvgIpc) is 2.91. The zero-order valence-corrected chi connectivity index (χ0v) is 11.3. The van der Waals surface area contributed by atoms with Crippen molar-refractivity contribution in [1.82, 2.24) is 14.8 Å². The predicted molar refractivity (Wildman–Crippen MR) is 71.2 cm³/mol. The van der Waals surface area contributed by atoms with Crippen molar-refractivity contribution in [2.45, 2.75) is 70.4 Å². The first-order valence-electron chi connectivity index (χ1n) is 7.33. The molecule has 1 heterocycles. The number of rotatable bonds is 6. The van der Waals surface area contributed by atoms with E-state index in [1.165, 1.54) is 32.1 Å². The Balaban J connectivity index is 1.99. The third-order valence-corrected chi connectivity index (χ3v) is 4.10. The van der Waals surface area contributed by atoms with Crippen LogP contribution in [0.2, 0.25) is 0 Å². The van der Waals surface area contributed by atoms with Crippen LogP contribution in [-0.2, 0) is 0 Å². The molecule has 0 saturated heterocycles. The molecule has 0 radical (unpaired) electrons. The third-order valence-electron chi connectivity index (χ3n) is 4.10. The van der Waals surface area contributed by atoms with E-state index in [9.17, 15) is 5.11 Å². The molecule has 0 spiro atoms. The standard InChI is InChI=1S/C14H25N3O/c1-2-6-14(18)13(17-11-15-10-16-17)9-12-7-4-3-5-8-12/h10-14,18H,2-9H2,1H3. The zero-order chi connectivity index (χ0) is 12.8. The number of hydrogen-bond acceptors (Lipinski definition) is 3. The average molecular weight is 251 g/mol. The van der Waals surface area contributed by atoms with Crippen LogP contribution < -0.4 is 0 Å². The van der Waals surface area contributed by atoms with E-state index in [-0.39, 0.29) is 12.1 Å². The fourth-order valence-corrected chi connectivity index (χ4v) is 3.08. The van der Waals surface area contributed by atoms with E-state index >= 15 is 0 Å². The molecule has 4 heteroatoms. The minimum absolute atomic E-state index is 0.107. The van der Waals surface area contributed by atoms with Crippen LogP contribution in [0.3, 0.4) is 0 Å². The quantitative estimate of drug-likeness (QED) is 0.845. The number of hydrogen-bond donors (Lipinski definition) is 1. The van der Waals surface area contributed by atoms with Crippen molar-refractivity contribution in [1.29, 1.82) is 0 Å². The van der Waals surface area contributed by atoms with Gasteiger partial charge in [-0.1, -0.05) is 45.4 Å².